The summed E-state index contributed by atoms with van der Waals surface area (Å²) in [4.78, 5) is 11.1. The summed E-state index contributed by atoms with van der Waals surface area (Å²) in [5.74, 6) is -0.338. The van der Waals surface area contributed by atoms with Crippen molar-refractivity contribution in [3.8, 4) is 0 Å². The Morgan fingerprint density at radius 1 is 1.10 bits per heavy atom. The molecule has 0 aliphatic carbocycles. The Balaban J connectivity index is 3.33. The molecule has 1 unspecified atom stereocenters. The van der Waals surface area contributed by atoms with Crippen LogP contribution in [0.1, 0.15) is 77.6 Å². The molecule has 0 saturated heterocycles. The maximum Gasteiger partial charge on any atom is 0.330 e. The van der Waals surface area contributed by atoms with Gasteiger partial charge >= 0.3 is 5.97 Å². The second-order valence-electron chi connectivity index (χ2n) is 5.39. The molecule has 0 saturated carbocycles. The normalized spacial score (nSPS) is 12.7. The number of ether oxygens (including phenoxy) is 1. The predicted octanol–water partition coefficient (Wildman–Crippen LogP) is 4.68. The molecule has 0 fully saturated rings. The van der Waals surface area contributed by atoms with E-state index >= 15 is 0 Å². The highest BCUT2D eigenvalue weighted by Gasteiger charge is 2.11. The van der Waals surface area contributed by atoms with Gasteiger partial charge in [0.1, 0.15) is 5.73 Å². The summed E-state index contributed by atoms with van der Waals surface area (Å²) in [6, 6.07) is 0. The minimum Gasteiger partial charge on any atom is -0.462 e. The number of rotatable bonds is 14. The van der Waals surface area contributed by atoms with Crippen LogP contribution in [0.5, 0.6) is 0 Å². The zero-order valence-electron chi connectivity index (χ0n) is 13.0. The molecule has 0 amide bonds. The Kier molecular flexibility index (Phi) is 14.9. The lowest BCUT2D eigenvalue weighted by Crippen LogP contribution is -2.20. The van der Waals surface area contributed by atoms with Crippen molar-refractivity contribution in [2.45, 2.75) is 83.3 Å². The molecule has 0 aromatic carbocycles. The van der Waals surface area contributed by atoms with E-state index < -0.39 is 8.83 Å². The van der Waals surface area contributed by atoms with Crippen LogP contribution in [0.15, 0.2) is 12.7 Å². The maximum atomic E-state index is 11.1. The minimum absolute atomic E-state index is 0.0174. The van der Waals surface area contributed by atoms with E-state index in [0.29, 0.717) is 0 Å². The van der Waals surface area contributed by atoms with Gasteiger partial charge in [0.25, 0.3) is 0 Å². The van der Waals surface area contributed by atoms with Crippen molar-refractivity contribution < 1.29 is 9.53 Å². The first kappa shape index (κ1) is 19.7. The van der Waals surface area contributed by atoms with Crippen LogP contribution in [-0.2, 0) is 9.53 Å². The van der Waals surface area contributed by atoms with Crippen molar-refractivity contribution in [3.05, 3.63) is 12.7 Å². The molecule has 0 aliphatic heterocycles. The molecule has 0 radical (unpaired) electrons. The van der Waals surface area contributed by atoms with E-state index in [1.54, 1.807) is 0 Å². The summed E-state index contributed by atoms with van der Waals surface area (Å²) < 4.78 is 5.20. The van der Waals surface area contributed by atoms with Gasteiger partial charge in [0.15, 0.2) is 8.83 Å². The van der Waals surface area contributed by atoms with Gasteiger partial charge in [-0.15, -0.1) is 0 Å². The maximum absolute atomic E-state index is 11.1. The molecule has 2 nitrogen and oxygen atoms in total. The van der Waals surface area contributed by atoms with Crippen LogP contribution in [0.2, 0.25) is 0 Å². The first-order valence-electron chi connectivity index (χ1n) is 8.13. The van der Waals surface area contributed by atoms with Gasteiger partial charge in [-0.1, -0.05) is 77.7 Å². The van der Waals surface area contributed by atoms with Crippen LogP contribution < -0.4 is 0 Å². The van der Waals surface area contributed by atoms with Gasteiger partial charge in [-0.05, 0) is 6.42 Å². The third-order valence-electron chi connectivity index (χ3n) is 3.50. The average Bonchev–Trinajstić information content (AvgIpc) is 2.47. The molecule has 0 aromatic heterocycles. The van der Waals surface area contributed by atoms with Crippen LogP contribution in [-0.4, -0.2) is 20.5 Å². The van der Waals surface area contributed by atoms with E-state index in [1.807, 2.05) is 0 Å². The van der Waals surface area contributed by atoms with Gasteiger partial charge in [0.2, 0.25) is 0 Å². The monoisotopic (exact) mass is 318 g/mol. The third-order valence-corrected chi connectivity index (χ3v) is 5.45. The molecule has 0 aromatic rings. The summed E-state index contributed by atoms with van der Waals surface area (Å²) in [7, 11) is -0.799. The standard InChI is InChI=1S/C16H31ClO2Si/c1-3-5-6-7-8-9-10-11-12-13-14-16(20-17)19-15(18)4-2/h4,16H,2-3,5-14,20H2,1H3. The topological polar surface area (TPSA) is 26.3 Å². The predicted molar refractivity (Wildman–Crippen MR) is 90.9 cm³/mol. The quantitative estimate of drug-likeness (QED) is 0.153. The largest absolute Gasteiger partial charge is 0.462 e. The van der Waals surface area contributed by atoms with Gasteiger partial charge < -0.3 is 4.74 Å². The summed E-state index contributed by atoms with van der Waals surface area (Å²) in [5.41, 5.74) is -0.0174. The Hall–Kier alpha value is -0.283. The van der Waals surface area contributed by atoms with Crippen molar-refractivity contribution in [2.24, 2.45) is 0 Å². The smallest absolute Gasteiger partial charge is 0.330 e. The zero-order valence-corrected chi connectivity index (χ0v) is 15.2. The second-order valence-corrected chi connectivity index (χ2v) is 7.53. The third kappa shape index (κ3) is 12.7. The molecular weight excluding hydrogens is 288 g/mol. The van der Waals surface area contributed by atoms with Gasteiger partial charge in [0, 0.05) is 6.08 Å². The summed E-state index contributed by atoms with van der Waals surface area (Å²) in [6.07, 6.45) is 15.3. The number of hydrogen-bond donors (Lipinski definition) is 0. The van der Waals surface area contributed by atoms with E-state index in [-0.39, 0.29) is 11.7 Å². The van der Waals surface area contributed by atoms with Crippen LogP contribution in [0.4, 0.5) is 0 Å². The highest BCUT2D eigenvalue weighted by Crippen LogP contribution is 2.13. The van der Waals surface area contributed by atoms with Crippen molar-refractivity contribution in [1.82, 2.24) is 0 Å². The zero-order chi connectivity index (χ0) is 15.1. The molecule has 4 heteroatoms. The number of carbonyl (C=O) groups excluding carboxylic acids is 1. The summed E-state index contributed by atoms with van der Waals surface area (Å²) >= 11 is 5.92. The highest BCUT2D eigenvalue weighted by atomic mass is 35.6. The SMILES string of the molecule is C=CC(=O)OC(CCCCCCCCCCCC)[SiH2]Cl. The fourth-order valence-electron chi connectivity index (χ4n) is 2.24. The molecule has 0 N–H and O–H groups in total. The average molecular weight is 319 g/mol. The number of esters is 1. The van der Waals surface area contributed by atoms with Crippen molar-refractivity contribution in [3.63, 3.8) is 0 Å². The molecule has 0 heterocycles. The fraction of sp³-hybridized carbons (Fsp3) is 0.812. The fourth-order valence-corrected chi connectivity index (χ4v) is 3.56. The van der Waals surface area contributed by atoms with Crippen molar-refractivity contribution >= 4 is 25.9 Å². The van der Waals surface area contributed by atoms with Gasteiger partial charge in [-0.25, -0.2) is 4.79 Å². The van der Waals surface area contributed by atoms with Crippen molar-refractivity contribution in [1.29, 1.82) is 0 Å². The minimum atomic E-state index is -0.799. The lowest BCUT2D eigenvalue weighted by molar-refractivity contribution is -0.139. The molecule has 1 atom stereocenters. The van der Waals surface area contributed by atoms with E-state index in [0.717, 1.165) is 12.8 Å². The number of carbonyl (C=O) groups is 1. The summed E-state index contributed by atoms with van der Waals surface area (Å²) in [5, 5.41) is 0. The Morgan fingerprint density at radius 3 is 2.05 bits per heavy atom. The molecule has 0 spiro atoms. The van der Waals surface area contributed by atoms with Crippen LogP contribution in [0.3, 0.4) is 0 Å². The first-order valence-corrected chi connectivity index (χ1v) is 11.1. The molecule has 0 aliphatic rings. The Morgan fingerprint density at radius 2 is 1.60 bits per heavy atom. The highest BCUT2D eigenvalue weighted by molar-refractivity contribution is 6.94. The van der Waals surface area contributed by atoms with E-state index in [2.05, 4.69) is 13.5 Å². The van der Waals surface area contributed by atoms with Crippen molar-refractivity contribution in [2.75, 3.05) is 0 Å². The van der Waals surface area contributed by atoms with Crippen LogP contribution in [0.25, 0.3) is 0 Å². The molecule has 0 bridgehead atoms. The Bertz CT molecular complexity index is 247. The molecule has 118 valence electrons. The van der Waals surface area contributed by atoms with E-state index in [4.69, 9.17) is 15.8 Å². The Labute approximate surface area is 131 Å². The second kappa shape index (κ2) is 15.1. The van der Waals surface area contributed by atoms with Crippen LogP contribution >= 0.6 is 11.1 Å². The van der Waals surface area contributed by atoms with Gasteiger partial charge in [-0.2, -0.15) is 11.1 Å². The first-order chi connectivity index (χ1) is 9.74. The lowest BCUT2D eigenvalue weighted by atomic mass is 10.1. The molecule has 0 rings (SSSR count). The van der Waals surface area contributed by atoms with Gasteiger partial charge in [0.05, 0.1) is 0 Å². The van der Waals surface area contributed by atoms with E-state index in [1.165, 1.54) is 63.9 Å². The lowest BCUT2D eigenvalue weighted by Gasteiger charge is -2.13. The van der Waals surface area contributed by atoms with Crippen LogP contribution in [0, 0.1) is 0 Å². The molecule has 20 heavy (non-hydrogen) atoms. The number of hydrogen-bond acceptors (Lipinski definition) is 2. The number of unbranched alkanes of at least 4 members (excludes halogenated alkanes) is 9. The number of halogens is 1. The van der Waals surface area contributed by atoms with E-state index in [9.17, 15) is 4.79 Å². The summed E-state index contributed by atoms with van der Waals surface area (Å²) in [6.45, 7) is 5.66. The molecular formula is C16H31ClO2Si. The van der Waals surface area contributed by atoms with Gasteiger partial charge in [-0.3, -0.25) is 0 Å².